The van der Waals surface area contributed by atoms with Crippen molar-refractivity contribution in [3.05, 3.63) is 35.4 Å². The van der Waals surface area contributed by atoms with Crippen molar-refractivity contribution in [2.45, 2.75) is 51.5 Å². The zero-order valence-electron chi connectivity index (χ0n) is 12.5. The molecule has 1 saturated carbocycles. The van der Waals surface area contributed by atoms with Crippen LogP contribution >= 0.6 is 0 Å². The minimum absolute atomic E-state index is 0.166. The zero-order valence-corrected chi connectivity index (χ0v) is 12.5. The molecular formula is C17H25F2N. The van der Waals surface area contributed by atoms with Gasteiger partial charge < -0.3 is 5.32 Å². The molecule has 20 heavy (non-hydrogen) atoms. The zero-order chi connectivity index (χ0) is 14.5. The van der Waals surface area contributed by atoms with E-state index in [4.69, 9.17) is 0 Å². The molecule has 112 valence electrons. The van der Waals surface area contributed by atoms with Gasteiger partial charge in [-0.2, -0.15) is 0 Å². The lowest BCUT2D eigenvalue weighted by Gasteiger charge is -2.33. The summed E-state index contributed by atoms with van der Waals surface area (Å²) in [5.74, 6) is 0.524. The molecule has 1 aromatic carbocycles. The molecule has 2 rings (SSSR count). The van der Waals surface area contributed by atoms with Crippen LogP contribution in [0.5, 0.6) is 0 Å². The first kappa shape index (κ1) is 15.4. The first-order chi connectivity index (χ1) is 9.65. The Morgan fingerprint density at radius 1 is 1.15 bits per heavy atom. The van der Waals surface area contributed by atoms with Crippen LogP contribution in [-0.2, 0) is 6.42 Å². The molecule has 1 aromatic rings. The molecule has 0 bridgehead atoms. The van der Waals surface area contributed by atoms with E-state index in [0.717, 1.165) is 5.92 Å². The summed E-state index contributed by atoms with van der Waals surface area (Å²) in [4.78, 5) is 0. The summed E-state index contributed by atoms with van der Waals surface area (Å²) in [6.07, 6.45) is 6.52. The molecule has 1 nitrogen and oxygen atoms in total. The first-order valence-electron chi connectivity index (χ1n) is 7.75. The van der Waals surface area contributed by atoms with Crippen molar-refractivity contribution in [3.63, 3.8) is 0 Å². The quantitative estimate of drug-likeness (QED) is 0.848. The lowest BCUT2D eigenvalue weighted by molar-refractivity contribution is 0.220. The number of hydrogen-bond donors (Lipinski definition) is 1. The van der Waals surface area contributed by atoms with Crippen LogP contribution in [0.4, 0.5) is 8.78 Å². The second kappa shape index (κ2) is 7.16. The van der Waals surface area contributed by atoms with E-state index >= 15 is 0 Å². The van der Waals surface area contributed by atoms with Crippen molar-refractivity contribution in [1.29, 1.82) is 0 Å². The Morgan fingerprint density at radius 3 is 2.25 bits per heavy atom. The smallest absolute Gasteiger partial charge is 0.129 e. The van der Waals surface area contributed by atoms with Gasteiger partial charge in [-0.05, 0) is 50.3 Å². The molecule has 0 saturated heterocycles. The van der Waals surface area contributed by atoms with Gasteiger partial charge in [-0.25, -0.2) is 8.78 Å². The highest BCUT2D eigenvalue weighted by atomic mass is 19.1. The van der Waals surface area contributed by atoms with Gasteiger partial charge in [0, 0.05) is 11.6 Å². The summed E-state index contributed by atoms with van der Waals surface area (Å²) in [6, 6.07) is 4.28. The molecule has 1 unspecified atom stereocenters. The van der Waals surface area contributed by atoms with Gasteiger partial charge >= 0.3 is 0 Å². The van der Waals surface area contributed by atoms with Gasteiger partial charge in [0.25, 0.3) is 0 Å². The highest BCUT2D eigenvalue weighted by Crippen LogP contribution is 2.33. The van der Waals surface area contributed by atoms with E-state index in [1.807, 2.05) is 7.05 Å². The Bertz CT molecular complexity index is 405. The van der Waals surface area contributed by atoms with Crippen molar-refractivity contribution in [3.8, 4) is 0 Å². The van der Waals surface area contributed by atoms with Crippen LogP contribution < -0.4 is 5.32 Å². The number of nitrogens with one attached hydrogen (secondary N) is 1. The van der Waals surface area contributed by atoms with E-state index < -0.39 is 11.6 Å². The van der Waals surface area contributed by atoms with E-state index in [1.54, 1.807) is 0 Å². The van der Waals surface area contributed by atoms with Crippen LogP contribution in [0.15, 0.2) is 18.2 Å². The molecule has 1 fully saturated rings. The van der Waals surface area contributed by atoms with Crippen LogP contribution in [0, 0.1) is 23.5 Å². The number of likely N-dealkylation sites (N-methyl/N-ethyl adjacent to an activating group) is 1. The van der Waals surface area contributed by atoms with Gasteiger partial charge in [0.1, 0.15) is 11.6 Å². The van der Waals surface area contributed by atoms with Crippen LogP contribution in [0.25, 0.3) is 0 Å². The maximum Gasteiger partial charge on any atom is 0.129 e. The van der Waals surface area contributed by atoms with Crippen LogP contribution in [0.2, 0.25) is 0 Å². The minimum atomic E-state index is -0.424. The summed E-state index contributed by atoms with van der Waals surface area (Å²) < 4.78 is 27.5. The van der Waals surface area contributed by atoms with Crippen molar-refractivity contribution in [2.75, 3.05) is 7.05 Å². The van der Waals surface area contributed by atoms with Gasteiger partial charge in [0.2, 0.25) is 0 Å². The summed E-state index contributed by atoms with van der Waals surface area (Å²) in [5, 5.41) is 3.27. The number of halogens is 2. The van der Waals surface area contributed by atoms with Gasteiger partial charge in [0.05, 0.1) is 0 Å². The Morgan fingerprint density at radius 2 is 1.75 bits per heavy atom. The second-order valence-electron chi connectivity index (χ2n) is 5.99. The SMILES string of the molecule is CCC1CCC(C(Cc2c(F)cccc2F)NC)CC1. The van der Waals surface area contributed by atoms with Crippen LogP contribution in [-0.4, -0.2) is 13.1 Å². The molecule has 0 radical (unpaired) electrons. The molecule has 0 spiro atoms. The molecule has 0 amide bonds. The maximum absolute atomic E-state index is 13.8. The molecule has 0 aliphatic heterocycles. The summed E-state index contributed by atoms with van der Waals surface area (Å²) >= 11 is 0. The molecule has 0 heterocycles. The topological polar surface area (TPSA) is 12.0 Å². The standard InChI is InChI=1S/C17H25F2N/c1-3-12-7-9-13(10-8-12)17(20-2)11-14-15(18)5-4-6-16(14)19/h4-6,12-13,17,20H,3,7-11H2,1-2H3. The third kappa shape index (κ3) is 3.57. The third-order valence-electron chi connectivity index (χ3n) is 4.89. The minimum Gasteiger partial charge on any atom is -0.316 e. The van der Waals surface area contributed by atoms with Gasteiger partial charge in [-0.1, -0.05) is 32.3 Å². The average Bonchev–Trinajstić information content (AvgIpc) is 2.47. The predicted molar refractivity (Wildman–Crippen MR) is 78.6 cm³/mol. The maximum atomic E-state index is 13.8. The summed E-state index contributed by atoms with van der Waals surface area (Å²) in [6.45, 7) is 2.25. The average molecular weight is 281 g/mol. The van der Waals surface area contributed by atoms with Gasteiger partial charge in [0.15, 0.2) is 0 Å². The highest BCUT2D eigenvalue weighted by molar-refractivity contribution is 5.21. The lowest BCUT2D eigenvalue weighted by Crippen LogP contribution is -2.38. The number of rotatable bonds is 5. The third-order valence-corrected chi connectivity index (χ3v) is 4.89. The fourth-order valence-corrected chi connectivity index (χ4v) is 3.45. The molecule has 1 N–H and O–H groups in total. The van der Waals surface area contributed by atoms with E-state index in [0.29, 0.717) is 12.3 Å². The molecule has 1 atom stereocenters. The van der Waals surface area contributed by atoms with Crippen LogP contribution in [0.1, 0.15) is 44.6 Å². The van der Waals surface area contributed by atoms with E-state index in [1.165, 1.54) is 50.3 Å². The normalized spacial score (nSPS) is 24.6. The molecular weight excluding hydrogens is 256 g/mol. The Balaban J connectivity index is 2.02. The number of hydrogen-bond acceptors (Lipinski definition) is 1. The summed E-state index contributed by atoms with van der Waals surface area (Å²) in [5.41, 5.74) is 0.226. The largest absolute Gasteiger partial charge is 0.316 e. The van der Waals surface area contributed by atoms with Crippen molar-refractivity contribution < 1.29 is 8.78 Å². The Labute approximate surface area is 120 Å². The Kier molecular flexibility index (Phi) is 5.53. The molecule has 0 aromatic heterocycles. The molecule has 1 aliphatic rings. The molecule has 1 aliphatic carbocycles. The monoisotopic (exact) mass is 281 g/mol. The van der Waals surface area contributed by atoms with Crippen molar-refractivity contribution >= 4 is 0 Å². The van der Waals surface area contributed by atoms with Gasteiger partial charge in [-0.15, -0.1) is 0 Å². The second-order valence-corrected chi connectivity index (χ2v) is 5.99. The first-order valence-corrected chi connectivity index (χ1v) is 7.75. The van der Waals surface area contributed by atoms with Gasteiger partial charge in [-0.3, -0.25) is 0 Å². The van der Waals surface area contributed by atoms with Crippen molar-refractivity contribution in [2.24, 2.45) is 11.8 Å². The highest BCUT2D eigenvalue weighted by Gasteiger charge is 2.27. The fraction of sp³-hybridized carbons (Fsp3) is 0.647. The Hall–Kier alpha value is -0.960. The van der Waals surface area contributed by atoms with E-state index in [9.17, 15) is 8.78 Å². The lowest BCUT2D eigenvalue weighted by atomic mass is 9.76. The summed E-state index contributed by atoms with van der Waals surface area (Å²) in [7, 11) is 1.90. The van der Waals surface area contributed by atoms with E-state index in [2.05, 4.69) is 12.2 Å². The van der Waals surface area contributed by atoms with E-state index in [-0.39, 0.29) is 11.6 Å². The fourth-order valence-electron chi connectivity index (χ4n) is 3.45. The van der Waals surface area contributed by atoms with Crippen molar-refractivity contribution in [1.82, 2.24) is 5.32 Å². The predicted octanol–water partition coefficient (Wildman–Crippen LogP) is 4.31. The molecule has 3 heteroatoms. The van der Waals surface area contributed by atoms with Crippen LogP contribution in [0.3, 0.4) is 0 Å². The number of benzene rings is 1.